The molecule has 1 aromatic carbocycles. The van der Waals surface area contributed by atoms with Gasteiger partial charge in [-0.2, -0.15) is 0 Å². The topological polar surface area (TPSA) is 52.4 Å². The number of alkyl halides is 3. The smallest absolute Gasteiger partial charge is 0.287 e. The minimum Gasteiger partial charge on any atom is -0.287 e. The number of rotatable bonds is 3. The van der Waals surface area contributed by atoms with Gasteiger partial charge in [0.1, 0.15) is 0 Å². The first-order valence-corrected chi connectivity index (χ1v) is 3.83. The molecule has 0 aliphatic rings. The van der Waals surface area contributed by atoms with Gasteiger partial charge in [0.2, 0.25) is 0 Å². The number of para-hydroxylation sites is 1. The lowest BCUT2D eigenvalue weighted by molar-refractivity contribution is -0.387. The van der Waals surface area contributed by atoms with Crippen LogP contribution in [-0.4, -0.2) is 11.3 Å². The lowest BCUT2D eigenvalue weighted by Gasteiger charge is -2.07. The lowest BCUT2D eigenvalue weighted by Crippen LogP contribution is -2.13. The van der Waals surface area contributed by atoms with Gasteiger partial charge in [-0.3, -0.25) is 14.9 Å². The van der Waals surface area contributed by atoms with Crippen LogP contribution in [0.15, 0.2) is 24.3 Å². The van der Waals surface area contributed by atoms with Gasteiger partial charge in [-0.15, -0.1) is 13.2 Å². The van der Waals surface area contributed by atoms with Crippen molar-refractivity contribution in [2.45, 2.75) is 13.0 Å². The van der Waals surface area contributed by atoms with Gasteiger partial charge in [0, 0.05) is 6.07 Å². The summed E-state index contributed by atoms with van der Waals surface area (Å²) < 4.78 is 38.5. The summed E-state index contributed by atoms with van der Waals surface area (Å²) in [5.74, 6) is 0. The minimum atomic E-state index is -4.79. The zero-order chi connectivity index (χ0) is 11.5. The molecule has 7 heteroatoms. The van der Waals surface area contributed by atoms with E-state index in [4.69, 9.17) is 0 Å². The highest BCUT2D eigenvalue weighted by atomic mass is 19.4. The van der Waals surface area contributed by atoms with Crippen molar-refractivity contribution in [3.63, 3.8) is 0 Å². The molecule has 0 spiro atoms. The first-order valence-electron chi connectivity index (χ1n) is 3.83. The van der Waals surface area contributed by atoms with E-state index in [-0.39, 0.29) is 11.3 Å². The Kier molecular flexibility index (Phi) is 3.25. The number of nitro groups is 1. The molecule has 0 heterocycles. The van der Waals surface area contributed by atoms with E-state index in [0.29, 0.717) is 0 Å². The Labute approximate surface area is 82.4 Å². The molecule has 1 aromatic rings. The molecular formula is C8H6F3NO3. The largest absolute Gasteiger partial charge is 0.522 e. The van der Waals surface area contributed by atoms with Gasteiger partial charge < -0.3 is 0 Å². The van der Waals surface area contributed by atoms with Gasteiger partial charge >= 0.3 is 6.36 Å². The number of halogens is 3. The molecule has 0 aliphatic carbocycles. The molecule has 0 unspecified atom stereocenters. The zero-order valence-electron chi connectivity index (χ0n) is 7.32. The van der Waals surface area contributed by atoms with Crippen molar-refractivity contribution in [3.05, 3.63) is 39.9 Å². The Morgan fingerprint density at radius 2 is 1.93 bits per heavy atom. The minimum absolute atomic E-state index is 0.111. The van der Waals surface area contributed by atoms with E-state index in [1.165, 1.54) is 18.2 Å². The highest BCUT2D eigenvalue weighted by molar-refractivity contribution is 5.39. The van der Waals surface area contributed by atoms with Gasteiger partial charge in [-0.25, -0.2) is 0 Å². The molecule has 0 fully saturated rings. The number of ether oxygens (including phenoxy) is 1. The maximum atomic E-state index is 11.7. The Morgan fingerprint density at radius 1 is 1.33 bits per heavy atom. The Morgan fingerprint density at radius 3 is 2.47 bits per heavy atom. The van der Waals surface area contributed by atoms with Crippen LogP contribution in [0.2, 0.25) is 0 Å². The highest BCUT2D eigenvalue weighted by Crippen LogP contribution is 2.23. The van der Waals surface area contributed by atoms with E-state index in [9.17, 15) is 23.3 Å². The van der Waals surface area contributed by atoms with E-state index in [2.05, 4.69) is 4.74 Å². The van der Waals surface area contributed by atoms with Crippen molar-refractivity contribution < 1.29 is 22.8 Å². The Hall–Kier alpha value is -1.63. The van der Waals surface area contributed by atoms with E-state index >= 15 is 0 Å². The fourth-order valence-corrected chi connectivity index (χ4v) is 0.971. The maximum Gasteiger partial charge on any atom is 0.522 e. The molecule has 0 saturated carbocycles. The number of hydrogen-bond acceptors (Lipinski definition) is 3. The SMILES string of the molecule is O=[N+]([O-])c1ccccc1COC(F)(F)F. The molecule has 15 heavy (non-hydrogen) atoms. The molecule has 0 amide bonds. The average Bonchev–Trinajstić information content (AvgIpc) is 2.14. The van der Waals surface area contributed by atoms with Crippen LogP contribution >= 0.6 is 0 Å². The van der Waals surface area contributed by atoms with Crippen LogP contribution in [0.3, 0.4) is 0 Å². The normalized spacial score (nSPS) is 11.4. The standard InChI is InChI=1S/C8H6F3NO3/c9-8(10,11)15-5-6-3-1-2-4-7(6)12(13)14/h1-4H,5H2. The van der Waals surface area contributed by atoms with Crippen molar-refractivity contribution in [1.82, 2.24) is 0 Å². The van der Waals surface area contributed by atoms with Gasteiger partial charge in [-0.05, 0) is 6.07 Å². The Balaban J connectivity index is 2.81. The zero-order valence-corrected chi connectivity index (χ0v) is 7.32. The first kappa shape index (κ1) is 11.4. The van der Waals surface area contributed by atoms with E-state index in [1.54, 1.807) is 0 Å². The summed E-state index contributed by atoms with van der Waals surface area (Å²) in [6.45, 7) is -0.860. The highest BCUT2D eigenvalue weighted by Gasteiger charge is 2.30. The third-order valence-electron chi connectivity index (χ3n) is 1.58. The quantitative estimate of drug-likeness (QED) is 0.582. The summed E-state index contributed by atoms with van der Waals surface area (Å²) in [5, 5.41) is 10.4. The molecule has 0 aliphatic heterocycles. The molecule has 82 valence electrons. The molecule has 0 atom stereocenters. The van der Waals surface area contributed by atoms with Crippen LogP contribution in [0.5, 0.6) is 0 Å². The van der Waals surface area contributed by atoms with Gasteiger partial charge in [0.05, 0.1) is 17.1 Å². The Bertz CT molecular complexity index is 364. The second kappa shape index (κ2) is 4.26. The fraction of sp³-hybridized carbons (Fsp3) is 0.250. The van der Waals surface area contributed by atoms with Crippen molar-refractivity contribution in [3.8, 4) is 0 Å². The second-order valence-electron chi connectivity index (χ2n) is 2.62. The van der Waals surface area contributed by atoms with E-state index in [0.717, 1.165) is 6.07 Å². The van der Waals surface area contributed by atoms with E-state index in [1.807, 2.05) is 0 Å². The molecule has 0 saturated heterocycles. The molecular weight excluding hydrogens is 215 g/mol. The maximum absolute atomic E-state index is 11.7. The van der Waals surface area contributed by atoms with Crippen LogP contribution in [-0.2, 0) is 11.3 Å². The number of benzene rings is 1. The molecule has 4 nitrogen and oxygen atoms in total. The third kappa shape index (κ3) is 3.55. The second-order valence-corrected chi connectivity index (χ2v) is 2.62. The predicted molar refractivity (Wildman–Crippen MR) is 43.9 cm³/mol. The average molecular weight is 221 g/mol. The number of nitrogens with zero attached hydrogens (tertiary/aromatic N) is 1. The summed E-state index contributed by atoms with van der Waals surface area (Å²) in [4.78, 5) is 9.66. The van der Waals surface area contributed by atoms with Crippen molar-refractivity contribution >= 4 is 5.69 Å². The van der Waals surface area contributed by atoms with E-state index < -0.39 is 17.9 Å². The molecule has 1 rings (SSSR count). The van der Waals surface area contributed by atoms with Crippen molar-refractivity contribution in [1.29, 1.82) is 0 Å². The summed E-state index contributed by atoms with van der Waals surface area (Å²) in [5.41, 5.74) is -0.499. The van der Waals surface area contributed by atoms with Crippen LogP contribution in [0, 0.1) is 10.1 Å². The first-order chi connectivity index (χ1) is 6.90. The summed E-state index contributed by atoms with van der Waals surface area (Å²) >= 11 is 0. The monoisotopic (exact) mass is 221 g/mol. The van der Waals surface area contributed by atoms with Crippen LogP contribution in [0.1, 0.15) is 5.56 Å². The number of hydrogen-bond donors (Lipinski definition) is 0. The van der Waals surface area contributed by atoms with Gasteiger partial charge in [-0.1, -0.05) is 12.1 Å². The third-order valence-corrected chi connectivity index (χ3v) is 1.58. The molecule has 0 bridgehead atoms. The molecule has 0 radical (unpaired) electrons. The fourth-order valence-electron chi connectivity index (χ4n) is 0.971. The van der Waals surface area contributed by atoms with Crippen molar-refractivity contribution in [2.24, 2.45) is 0 Å². The number of nitro benzene ring substituents is 1. The van der Waals surface area contributed by atoms with Gasteiger partial charge in [0.15, 0.2) is 0 Å². The summed E-state index contributed by atoms with van der Waals surface area (Å²) in [7, 11) is 0. The summed E-state index contributed by atoms with van der Waals surface area (Å²) in [6.07, 6.45) is -4.79. The van der Waals surface area contributed by atoms with Crippen molar-refractivity contribution in [2.75, 3.05) is 0 Å². The molecule has 0 N–H and O–H groups in total. The van der Waals surface area contributed by atoms with Gasteiger partial charge in [0.25, 0.3) is 5.69 Å². The van der Waals surface area contributed by atoms with Crippen LogP contribution < -0.4 is 0 Å². The molecule has 0 aromatic heterocycles. The lowest BCUT2D eigenvalue weighted by atomic mass is 10.2. The summed E-state index contributed by atoms with van der Waals surface area (Å²) in [6, 6.07) is 5.11. The van der Waals surface area contributed by atoms with Crippen LogP contribution in [0.25, 0.3) is 0 Å². The predicted octanol–water partition coefficient (Wildman–Crippen LogP) is 2.63. The van der Waals surface area contributed by atoms with Crippen LogP contribution in [0.4, 0.5) is 18.9 Å².